The molecule has 1 aliphatic heterocycles. The fraction of sp³-hybridized carbons (Fsp3) is 0.636. The highest BCUT2D eigenvalue weighted by atomic mass is 19.4. The van der Waals surface area contributed by atoms with E-state index in [0.29, 0.717) is 12.6 Å². The lowest BCUT2D eigenvalue weighted by Gasteiger charge is -2.23. The van der Waals surface area contributed by atoms with Gasteiger partial charge in [-0.1, -0.05) is 6.42 Å². The Balaban J connectivity index is 1.86. The third-order valence-electron chi connectivity index (χ3n) is 2.90. The molecule has 1 fully saturated rings. The Morgan fingerprint density at radius 3 is 2.56 bits per heavy atom. The number of halogens is 3. The van der Waals surface area contributed by atoms with E-state index in [1.54, 1.807) is 0 Å². The number of rotatable bonds is 3. The molecular formula is C11H15F3N4. The summed E-state index contributed by atoms with van der Waals surface area (Å²) >= 11 is 0. The summed E-state index contributed by atoms with van der Waals surface area (Å²) in [6, 6.07) is 0.338. The summed E-state index contributed by atoms with van der Waals surface area (Å²) in [4.78, 5) is 7.32. The first-order valence-electron chi connectivity index (χ1n) is 5.92. The zero-order valence-electron chi connectivity index (χ0n) is 9.80. The Morgan fingerprint density at radius 2 is 2.00 bits per heavy atom. The largest absolute Gasteiger partial charge is 0.419 e. The van der Waals surface area contributed by atoms with Crippen LogP contribution >= 0.6 is 0 Å². The maximum Gasteiger partial charge on any atom is 0.419 e. The summed E-state index contributed by atoms with van der Waals surface area (Å²) in [6.45, 7) is 1.62. The van der Waals surface area contributed by atoms with E-state index in [2.05, 4.69) is 20.6 Å². The molecule has 18 heavy (non-hydrogen) atoms. The Labute approximate surface area is 103 Å². The van der Waals surface area contributed by atoms with Gasteiger partial charge in [0.1, 0.15) is 0 Å². The molecule has 100 valence electrons. The number of aromatic nitrogens is 2. The van der Waals surface area contributed by atoms with Crippen molar-refractivity contribution in [1.29, 1.82) is 0 Å². The zero-order chi connectivity index (χ0) is 13.0. The average Bonchev–Trinajstić information content (AvgIpc) is 2.37. The Morgan fingerprint density at radius 1 is 1.28 bits per heavy atom. The van der Waals surface area contributed by atoms with Crippen LogP contribution in [0, 0.1) is 0 Å². The first-order chi connectivity index (χ1) is 8.55. The topological polar surface area (TPSA) is 49.8 Å². The Bertz CT molecular complexity index is 371. The first-order valence-corrected chi connectivity index (χ1v) is 5.92. The molecule has 0 spiro atoms. The minimum absolute atomic E-state index is 0.232. The van der Waals surface area contributed by atoms with E-state index >= 15 is 0 Å². The van der Waals surface area contributed by atoms with E-state index in [4.69, 9.17) is 0 Å². The molecule has 1 aliphatic rings. The van der Waals surface area contributed by atoms with Crippen LogP contribution in [0.5, 0.6) is 0 Å². The number of hydrogen-bond donors (Lipinski definition) is 2. The van der Waals surface area contributed by atoms with Gasteiger partial charge in [-0.05, 0) is 19.4 Å². The lowest BCUT2D eigenvalue weighted by atomic mass is 10.1. The van der Waals surface area contributed by atoms with E-state index in [1.807, 2.05) is 0 Å². The number of anilines is 1. The molecule has 7 heteroatoms. The monoisotopic (exact) mass is 260 g/mol. The third kappa shape index (κ3) is 3.56. The summed E-state index contributed by atoms with van der Waals surface area (Å²) in [5, 5.41) is 6.27. The molecule has 0 amide bonds. The SMILES string of the molecule is FC(F)(F)c1cnc(NCC2CCCCN2)nc1. The first kappa shape index (κ1) is 13.1. The number of hydrogen-bond acceptors (Lipinski definition) is 4. The van der Waals surface area contributed by atoms with E-state index in [9.17, 15) is 13.2 Å². The van der Waals surface area contributed by atoms with Gasteiger partial charge in [0.15, 0.2) is 0 Å². The zero-order valence-corrected chi connectivity index (χ0v) is 9.80. The van der Waals surface area contributed by atoms with Gasteiger partial charge >= 0.3 is 6.18 Å². The quantitative estimate of drug-likeness (QED) is 0.873. The van der Waals surface area contributed by atoms with Crippen LogP contribution in [0.2, 0.25) is 0 Å². The highest BCUT2D eigenvalue weighted by molar-refractivity contribution is 5.25. The molecule has 2 rings (SSSR count). The molecule has 2 N–H and O–H groups in total. The molecule has 4 nitrogen and oxygen atoms in total. The van der Waals surface area contributed by atoms with Crippen LogP contribution in [-0.2, 0) is 6.18 Å². The standard InChI is InChI=1S/C11H15F3N4/c12-11(13,14)8-5-16-10(17-6-8)18-7-9-3-1-2-4-15-9/h5-6,9,15H,1-4,7H2,(H,16,17,18). The second-order valence-corrected chi connectivity index (χ2v) is 4.32. The second-order valence-electron chi connectivity index (χ2n) is 4.32. The van der Waals surface area contributed by atoms with Crippen molar-refractivity contribution in [3.05, 3.63) is 18.0 Å². The van der Waals surface area contributed by atoms with Crippen molar-refractivity contribution in [3.8, 4) is 0 Å². The molecule has 0 bridgehead atoms. The molecule has 1 atom stereocenters. The average molecular weight is 260 g/mol. The lowest BCUT2D eigenvalue weighted by molar-refractivity contribution is -0.138. The van der Waals surface area contributed by atoms with Crippen molar-refractivity contribution in [1.82, 2.24) is 15.3 Å². The van der Waals surface area contributed by atoms with Crippen LogP contribution in [0.4, 0.5) is 19.1 Å². The molecule has 2 heterocycles. The van der Waals surface area contributed by atoms with Crippen molar-refractivity contribution in [2.75, 3.05) is 18.4 Å². The van der Waals surface area contributed by atoms with Crippen LogP contribution in [0.3, 0.4) is 0 Å². The predicted molar refractivity (Wildman–Crippen MR) is 61.2 cm³/mol. The molecule has 0 aliphatic carbocycles. The van der Waals surface area contributed by atoms with Gasteiger partial charge in [0.05, 0.1) is 5.56 Å². The summed E-state index contributed by atoms with van der Waals surface area (Å²) in [7, 11) is 0. The van der Waals surface area contributed by atoms with Gasteiger partial charge in [0.2, 0.25) is 5.95 Å². The van der Waals surface area contributed by atoms with Crippen LogP contribution in [0.1, 0.15) is 24.8 Å². The van der Waals surface area contributed by atoms with Gasteiger partial charge in [-0.3, -0.25) is 0 Å². The molecule has 0 aromatic carbocycles. The van der Waals surface area contributed by atoms with Gasteiger partial charge in [-0.2, -0.15) is 13.2 Å². The molecule has 0 saturated carbocycles. The van der Waals surface area contributed by atoms with Crippen LogP contribution in [0.15, 0.2) is 12.4 Å². The molecule has 1 unspecified atom stereocenters. The fourth-order valence-electron chi connectivity index (χ4n) is 1.88. The highest BCUT2D eigenvalue weighted by Crippen LogP contribution is 2.27. The minimum atomic E-state index is -4.39. The van der Waals surface area contributed by atoms with E-state index in [0.717, 1.165) is 25.4 Å². The number of nitrogens with one attached hydrogen (secondary N) is 2. The van der Waals surface area contributed by atoms with Crippen LogP contribution in [0.25, 0.3) is 0 Å². The van der Waals surface area contributed by atoms with Gasteiger partial charge in [0.25, 0.3) is 0 Å². The molecule has 1 aromatic heterocycles. The Kier molecular flexibility index (Phi) is 4.00. The van der Waals surface area contributed by atoms with Crippen LogP contribution in [-0.4, -0.2) is 29.1 Å². The molecule has 1 saturated heterocycles. The number of piperidine rings is 1. The number of nitrogens with zero attached hydrogens (tertiary/aromatic N) is 2. The van der Waals surface area contributed by atoms with Crippen molar-refractivity contribution in [2.24, 2.45) is 0 Å². The Hall–Kier alpha value is -1.37. The third-order valence-corrected chi connectivity index (χ3v) is 2.90. The van der Waals surface area contributed by atoms with Gasteiger partial charge < -0.3 is 10.6 Å². The fourth-order valence-corrected chi connectivity index (χ4v) is 1.88. The lowest BCUT2D eigenvalue weighted by Crippen LogP contribution is -2.39. The van der Waals surface area contributed by atoms with Crippen molar-refractivity contribution >= 4 is 5.95 Å². The van der Waals surface area contributed by atoms with Gasteiger partial charge in [-0.25, -0.2) is 9.97 Å². The summed E-state index contributed by atoms with van der Waals surface area (Å²) in [5.74, 6) is 0.232. The van der Waals surface area contributed by atoms with Crippen LogP contribution < -0.4 is 10.6 Å². The normalized spacial score (nSPS) is 20.7. The van der Waals surface area contributed by atoms with Crippen molar-refractivity contribution < 1.29 is 13.2 Å². The van der Waals surface area contributed by atoms with Gasteiger partial charge in [0, 0.05) is 25.0 Å². The van der Waals surface area contributed by atoms with E-state index in [-0.39, 0.29) is 5.95 Å². The highest BCUT2D eigenvalue weighted by Gasteiger charge is 2.31. The maximum atomic E-state index is 12.3. The summed E-state index contributed by atoms with van der Waals surface area (Å²) in [6.07, 6.45) is 0.616. The molecule has 1 aromatic rings. The molecule has 0 radical (unpaired) electrons. The number of alkyl halides is 3. The van der Waals surface area contributed by atoms with Crippen molar-refractivity contribution in [2.45, 2.75) is 31.5 Å². The summed E-state index contributed by atoms with van der Waals surface area (Å²) < 4.78 is 36.9. The minimum Gasteiger partial charge on any atom is -0.353 e. The molecular weight excluding hydrogens is 245 g/mol. The van der Waals surface area contributed by atoms with E-state index in [1.165, 1.54) is 12.8 Å². The summed E-state index contributed by atoms with van der Waals surface area (Å²) in [5.41, 5.74) is -0.830. The van der Waals surface area contributed by atoms with E-state index < -0.39 is 11.7 Å². The van der Waals surface area contributed by atoms with Gasteiger partial charge in [-0.15, -0.1) is 0 Å². The second kappa shape index (κ2) is 5.51. The predicted octanol–water partition coefficient (Wildman–Crippen LogP) is 2.05. The maximum absolute atomic E-state index is 12.3. The smallest absolute Gasteiger partial charge is 0.353 e. The van der Waals surface area contributed by atoms with Crippen molar-refractivity contribution in [3.63, 3.8) is 0 Å².